The molecule has 90 valence electrons. The molecule has 1 heterocycles. The number of rotatable bonds is 3. The zero-order valence-corrected chi connectivity index (χ0v) is 8.04. The van der Waals surface area contributed by atoms with E-state index in [1.807, 2.05) is 13.1 Å². The SMILES string of the molecule is C.C.C.CCN(C)Cc1ccc(C)nc1. The van der Waals surface area contributed by atoms with Crippen molar-refractivity contribution in [2.75, 3.05) is 13.6 Å². The second-order valence-electron chi connectivity index (χ2n) is 3.14. The highest BCUT2D eigenvalue weighted by atomic mass is 15.1. The van der Waals surface area contributed by atoms with Crippen molar-refractivity contribution in [1.29, 1.82) is 0 Å². The summed E-state index contributed by atoms with van der Waals surface area (Å²) in [5.74, 6) is 0. The fraction of sp³-hybridized carbons (Fsp3) is 0.615. The molecule has 2 heteroatoms. The van der Waals surface area contributed by atoms with Crippen LogP contribution in [0, 0.1) is 6.92 Å². The normalized spacial score (nSPS) is 8.53. The summed E-state index contributed by atoms with van der Waals surface area (Å²) in [6.45, 7) is 6.23. The molecule has 15 heavy (non-hydrogen) atoms. The second-order valence-corrected chi connectivity index (χ2v) is 3.14. The molecular weight excluding hydrogens is 184 g/mol. The summed E-state index contributed by atoms with van der Waals surface area (Å²) in [7, 11) is 2.11. The van der Waals surface area contributed by atoms with Gasteiger partial charge in [-0.05, 0) is 32.1 Å². The minimum absolute atomic E-state index is 0. The molecule has 0 unspecified atom stereocenters. The van der Waals surface area contributed by atoms with Gasteiger partial charge in [0.05, 0.1) is 0 Å². The van der Waals surface area contributed by atoms with Crippen LogP contribution in [0.5, 0.6) is 0 Å². The van der Waals surface area contributed by atoms with Gasteiger partial charge >= 0.3 is 0 Å². The van der Waals surface area contributed by atoms with E-state index in [0.29, 0.717) is 0 Å². The Bertz CT molecular complexity index is 229. The summed E-state index contributed by atoms with van der Waals surface area (Å²) in [5, 5.41) is 0. The number of hydrogen-bond acceptors (Lipinski definition) is 2. The second kappa shape index (κ2) is 9.66. The van der Waals surface area contributed by atoms with Gasteiger partial charge in [0.1, 0.15) is 0 Å². The molecule has 0 fully saturated rings. The van der Waals surface area contributed by atoms with E-state index in [1.165, 1.54) is 5.56 Å². The van der Waals surface area contributed by atoms with Crippen LogP contribution in [0.2, 0.25) is 0 Å². The molecular formula is C13H28N2. The van der Waals surface area contributed by atoms with Crippen molar-refractivity contribution in [3.63, 3.8) is 0 Å². The molecule has 0 radical (unpaired) electrons. The summed E-state index contributed by atoms with van der Waals surface area (Å²) in [6.07, 6.45) is 1.95. The van der Waals surface area contributed by atoms with E-state index in [9.17, 15) is 0 Å². The molecule has 1 aromatic rings. The van der Waals surface area contributed by atoms with Gasteiger partial charge in [-0.3, -0.25) is 4.98 Å². The third-order valence-corrected chi connectivity index (χ3v) is 1.96. The molecule has 0 saturated heterocycles. The first-order valence-electron chi connectivity index (χ1n) is 4.32. The van der Waals surface area contributed by atoms with Crippen molar-refractivity contribution >= 4 is 0 Å². The van der Waals surface area contributed by atoms with E-state index in [-0.39, 0.29) is 22.3 Å². The van der Waals surface area contributed by atoms with Gasteiger partial charge in [-0.1, -0.05) is 35.3 Å². The molecule has 1 rings (SSSR count). The Morgan fingerprint density at radius 3 is 2.20 bits per heavy atom. The van der Waals surface area contributed by atoms with E-state index in [4.69, 9.17) is 0 Å². The van der Waals surface area contributed by atoms with Crippen LogP contribution in [-0.4, -0.2) is 23.5 Å². The van der Waals surface area contributed by atoms with Gasteiger partial charge in [0, 0.05) is 18.4 Å². The van der Waals surface area contributed by atoms with Gasteiger partial charge in [-0.25, -0.2) is 0 Å². The van der Waals surface area contributed by atoms with Crippen molar-refractivity contribution in [3.8, 4) is 0 Å². The molecule has 0 aliphatic rings. The number of aromatic nitrogens is 1. The van der Waals surface area contributed by atoms with Crippen molar-refractivity contribution in [2.45, 2.75) is 42.7 Å². The quantitative estimate of drug-likeness (QED) is 0.758. The maximum Gasteiger partial charge on any atom is 0.0372 e. The Hall–Kier alpha value is -0.890. The lowest BCUT2D eigenvalue weighted by atomic mass is 10.2. The topological polar surface area (TPSA) is 16.1 Å². The summed E-state index contributed by atoms with van der Waals surface area (Å²) in [6, 6.07) is 4.19. The van der Waals surface area contributed by atoms with E-state index in [0.717, 1.165) is 18.8 Å². The number of hydrogen-bond donors (Lipinski definition) is 0. The number of aryl methyl sites for hydroxylation is 1. The van der Waals surface area contributed by atoms with Crippen LogP contribution < -0.4 is 0 Å². The molecule has 1 aromatic heterocycles. The van der Waals surface area contributed by atoms with Crippen LogP contribution in [-0.2, 0) is 6.54 Å². The van der Waals surface area contributed by atoms with Crippen LogP contribution in [0.25, 0.3) is 0 Å². The average molecular weight is 212 g/mol. The van der Waals surface area contributed by atoms with Crippen molar-refractivity contribution in [1.82, 2.24) is 9.88 Å². The molecule has 0 aliphatic carbocycles. The van der Waals surface area contributed by atoms with E-state index >= 15 is 0 Å². The fourth-order valence-electron chi connectivity index (χ4n) is 1.02. The Labute approximate surface area is 96.3 Å². The predicted octanol–water partition coefficient (Wildman–Crippen LogP) is 3.75. The zero-order valence-electron chi connectivity index (χ0n) is 8.04. The first-order chi connectivity index (χ1) is 5.72. The largest absolute Gasteiger partial charge is 0.302 e. The Morgan fingerprint density at radius 2 is 1.80 bits per heavy atom. The van der Waals surface area contributed by atoms with Gasteiger partial charge < -0.3 is 4.90 Å². The van der Waals surface area contributed by atoms with E-state index < -0.39 is 0 Å². The van der Waals surface area contributed by atoms with E-state index in [1.54, 1.807) is 0 Å². The van der Waals surface area contributed by atoms with Gasteiger partial charge in [-0.15, -0.1) is 0 Å². The summed E-state index contributed by atoms with van der Waals surface area (Å²) < 4.78 is 0. The summed E-state index contributed by atoms with van der Waals surface area (Å²) in [5.41, 5.74) is 2.36. The van der Waals surface area contributed by atoms with Crippen LogP contribution in [0.4, 0.5) is 0 Å². The highest BCUT2D eigenvalue weighted by Gasteiger charge is 1.96. The highest BCUT2D eigenvalue weighted by Crippen LogP contribution is 2.01. The molecule has 0 aliphatic heterocycles. The van der Waals surface area contributed by atoms with Crippen molar-refractivity contribution < 1.29 is 0 Å². The lowest BCUT2D eigenvalue weighted by Crippen LogP contribution is -2.16. The third-order valence-electron chi connectivity index (χ3n) is 1.96. The molecule has 0 N–H and O–H groups in total. The Kier molecular flexibility index (Phi) is 12.6. The first-order valence-corrected chi connectivity index (χ1v) is 4.32. The average Bonchev–Trinajstić information content (AvgIpc) is 2.09. The summed E-state index contributed by atoms with van der Waals surface area (Å²) >= 11 is 0. The summed E-state index contributed by atoms with van der Waals surface area (Å²) in [4.78, 5) is 6.50. The van der Waals surface area contributed by atoms with Gasteiger partial charge in [0.15, 0.2) is 0 Å². The minimum atomic E-state index is 0. The van der Waals surface area contributed by atoms with E-state index in [2.05, 4.69) is 36.0 Å². The molecule has 0 aromatic carbocycles. The molecule has 0 atom stereocenters. The van der Waals surface area contributed by atoms with Crippen molar-refractivity contribution in [3.05, 3.63) is 29.6 Å². The monoisotopic (exact) mass is 212 g/mol. The molecule has 0 bridgehead atoms. The molecule has 2 nitrogen and oxygen atoms in total. The van der Waals surface area contributed by atoms with Gasteiger partial charge in [0.25, 0.3) is 0 Å². The van der Waals surface area contributed by atoms with Crippen LogP contribution in [0.1, 0.15) is 40.5 Å². The molecule has 0 saturated carbocycles. The Morgan fingerprint density at radius 1 is 1.20 bits per heavy atom. The lowest BCUT2D eigenvalue weighted by molar-refractivity contribution is 0.345. The van der Waals surface area contributed by atoms with Crippen LogP contribution >= 0.6 is 0 Å². The van der Waals surface area contributed by atoms with Crippen molar-refractivity contribution in [2.24, 2.45) is 0 Å². The maximum absolute atomic E-state index is 4.24. The Balaban J connectivity index is -0.000000480. The van der Waals surface area contributed by atoms with Crippen LogP contribution in [0.3, 0.4) is 0 Å². The molecule has 0 spiro atoms. The lowest BCUT2D eigenvalue weighted by Gasteiger charge is -2.12. The highest BCUT2D eigenvalue weighted by molar-refractivity contribution is 5.12. The fourth-order valence-corrected chi connectivity index (χ4v) is 1.02. The van der Waals surface area contributed by atoms with Gasteiger partial charge in [0.2, 0.25) is 0 Å². The zero-order chi connectivity index (χ0) is 8.97. The van der Waals surface area contributed by atoms with Gasteiger partial charge in [-0.2, -0.15) is 0 Å². The number of nitrogens with zero attached hydrogens (tertiary/aromatic N) is 2. The maximum atomic E-state index is 4.24. The van der Waals surface area contributed by atoms with Crippen LogP contribution in [0.15, 0.2) is 18.3 Å². The standard InChI is InChI=1S/C10H16N2.3CH4/c1-4-12(3)8-10-6-5-9(2)11-7-10;;;/h5-7H,4,8H2,1-3H3;3*1H4. The third kappa shape index (κ3) is 7.09. The number of pyridine rings is 1. The minimum Gasteiger partial charge on any atom is -0.302 e. The molecule has 0 amide bonds. The predicted molar refractivity (Wildman–Crippen MR) is 71.2 cm³/mol. The smallest absolute Gasteiger partial charge is 0.0372 e. The first kappa shape index (κ1) is 19.6.